The van der Waals surface area contributed by atoms with Crippen molar-refractivity contribution in [2.24, 2.45) is 0 Å². The summed E-state index contributed by atoms with van der Waals surface area (Å²) in [5.74, 6) is -0.490. The molecule has 3 rings (SSSR count). The van der Waals surface area contributed by atoms with Crippen molar-refractivity contribution in [2.75, 3.05) is 24.6 Å². The topological polar surface area (TPSA) is 71.9 Å². The van der Waals surface area contributed by atoms with E-state index in [4.69, 9.17) is 9.84 Å². The van der Waals surface area contributed by atoms with Crippen molar-refractivity contribution in [3.63, 3.8) is 0 Å². The summed E-state index contributed by atoms with van der Waals surface area (Å²) in [6.45, 7) is -1.50. The van der Waals surface area contributed by atoms with Gasteiger partial charge in [-0.1, -0.05) is 18.2 Å². The molecule has 1 aliphatic rings. The summed E-state index contributed by atoms with van der Waals surface area (Å²) >= 11 is 0. The molecular formula is C17H16F2N2O4. The van der Waals surface area contributed by atoms with Crippen molar-refractivity contribution < 1.29 is 28.2 Å². The second-order valence-corrected chi connectivity index (χ2v) is 5.44. The number of anilines is 1. The average Bonchev–Trinajstić information content (AvgIpc) is 2.61. The third-order valence-corrected chi connectivity index (χ3v) is 3.80. The van der Waals surface area contributed by atoms with Crippen molar-refractivity contribution in [1.29, 1.82) is 0 Å². The maximum absolute atomic E-state index is 12.4. The Morgan fingerprint density at radius 3 is 2.88 bits per heavy atom. The number of carboxylic acid groups (broad SMARTS) is 1. The van der Waals surface area contributed by atoms with Crippen LogP contribution < -0.4 is 9.64 Å². The molecule has 0 bridgehead atoms. The van der Waals surface area contributed by atoms with Crippen LogP contribution in [-0.2, 0) is 4.74 Å². The van der Waals surface area contributed by atoms with Crippen molar-refractivity contribution in [2.45, 2.75) is 12.7 Å². The number of alkyl halides is 2. The van der Waals surface area contributed by atoms with Crippen LogP contribution in [0.4, 0.5) is 14.6 Å². The fourth-order valence-electron chi connectivity index (χ4n) is 2.67. The predicted octanol–water partition coefficient (Wildman–Crippen LogP) is 2.96. The standard InChI is InChI=1S/C17H16F2N2O4/c18-17(19)25-12-4-1-3-11(9-12)14-10-21(7-8-24-14)15-6-2-5-13(20-15)16(22)23/h1-6,9,14,17H,7-8,10H2,(H,22,23). The molecule has 1 aromatic carbocycles. The highest BCUT2D eigenvalue weighted by Gasteiger charge is 2.24. The number of benzene rings is 1. The number of morpholine rings is 1. The number of hydrogen-bond acceptors (Lipinski definition) is 5. The van der Waals surface area contributed by atoms with Gasteiger partial charge >= 0.3 is 12.6 Å². The first kappa shape index (κ1) is 17.1. The van der Waals surface area contributed by atoms with Gasteiger partial charge in [0.05, 0.1) is 6.61 Å². The van der Waals surface area contributed by atoms with Crippen LogP contribution in [0.5, 0.6) is 5.75 Å². The minimum atomic E-state index is -2.89. The monoisotopic (exact) mass is 350 g/mol. The first-order valence-corrected chi connectivity index (χ1v) is 7.64. The molecule has 1 atom stereocenters. The first-order valence-electron chi connectivity index (χ1n) is 7.64. The second-order valence-electron chi connectivity index (χ2n) is 5.44. The molecule has 0 amide bonds. The van der Waals surface area contributed by atoms with E-state index in [1.165, 1.54) is 18.2 Å². The highest BCUT2D eigenvalue weighted by Crippen LogP contribution is 2.28. The Morgan fingerprint density at radius 2 is 2.12 bits per heavy atom. The summed E-state index contributed by atoms with van der Waals surface area (Å²) in [7, 11) is 0. The molecule has 0 aliphatic carbocycles. The molecule has 1 N–H and O–H groups in total. The lowest BCUT2D eigenvalue weighted by atomic mass is 10.1. The average molecular weight is 350 g/mol. The molecule has 2 aromatic rings. The zero-order chi connectivity index (χ0) is 17.8. The number of ether oxygens (including phenoxy) is 2. The Labute approximate surface area is 142 Å². The fourth-order valence-corrected chi connectivity index (χ4v) is 2.67. The van der Waals surface area contributed by atoms with Crippen LogP contribution in [0.25, 0.3) is 0 Å². The van der Waals surface area contributed by atoms with Gasteiger partial charge in [0.1, 0.15) is 17.7 Å². The lowest BCUT2D eigenvalue weighted by Gasteiger charge is -2.34. The van der Waals surface area contributed by atoms with E-state index in [0.29, 0.717) is 31.1 Å². The number of pyridine rings is 1. The summed E-state index contributed by atoms with van der Waals surface area (Å²) in [6, 6.07) is 11.1. The highest BCUT2D eigenvalue weighted by molar-refractivity contribution is 5.85. The molecule has 0 saturated carbocycles. The molecular weight excluding hydrogens is 334 g/mol. The van der Waals surface area contributed by atoms with Gasteiger partial charge in [-0.15, -0.1) is 0 Å². The number of hydrogen-bond donors (Lipinski definition) is 1. The Kier molecular flexibility index (Phi) is 5.08. The zero-order valence-corrected chi connectivity index (χ0v) is 13.1. The molecule has 0 radical (unpaired) electrons. The zero-order valence-electron chi connectivity index (χ0n) is 13.1. The van der Waals surface area contributed by atoms with Gasteiger partial charge in [-0.25, -0.2) is 9.78 Å². The molecule has 1 unspecified atom stereocenters. The van der Waals surface area contributed by atoms with E-state index in [0.717, 1.165) is 0 Å². The van der Waals surface area contributed by atoms with Gasteiger partial charge in [-0.05, 0) is 29.8 Å². The molecule has 1 aromatic heterocycles. The molecule has 25 heavy (non-hydrogen) atoms. The van der Waals surface area contributed by atoms with Crippen molar-refractivity contribution in [1.82, 2.24) is 4.98 Å². The van der Waals surface area contributed by atoms with Gasteiger partial charge in [0.15, 0.2) is 5.69 Å². The third-order valence-electron chi connectivity index (χ3n) is 3.80. The lowest BCUT2D eigenvalue weighted by molar-refractivity contribution is -0.0501. The Bertz CT molecular complexity index is 757. The lowest BCUT2D eigenvalue weighted by Crippen LogP contribution is -2.39. The summed E-state index contributed by atoms with van der Waals surface area (Å²) < 4.78 is 34.9. The quantitative estimate of drug-likeness (QED) is 0.894. The molecule has 132 valence electrons. The Morgan fingerprint density at radius 1 is 1.32 bits per heavy atom. The van der Waals surface area contributed by atoms with Crippen LogP contribution in [0.1, 0.15) is 22.2 Å². The first-order chi connectivity index (χ1) is 12.0. The van der Waals surface area contributed by atoms with E-state index in [1.54, 1.807) is 24.3 Å². The van der Waals surface area contributed by atoms with Crippen LogP contribution in [0, 0.1) is 0 Å². The van der Waals surface area contributed by atoms with Crippen LogP contribution in [0.15, 0.2) is 42.5 Å². The van der Waals surface area contributed by atoms with Gasteiger partial charge in [0, 0.05) is 13.1 Å². The van der Waals surface area contributed by atoms with Crippen LogP contribution in [0.2, 0.25) is 0 Å². The minimum absolute atomic E-state index is 0.0344. The summed E-state index contributed by atoms with van der Waals surface area (Å²) in [5.41, 5.74) is 0.671. The van der Waals surface area contributed by atoms with E-state index in [2.05, 4.69) is 9.72 Å². The van der Waals surface area contributed by atoms with Gasteiger partial charge in [-0.3, -0.25) is 0 Å². The second kappa shape index (κ2) is 7.43. The Balaban J connectivity index is 1.77. The highest BCUT2D eigenvalue weighted by atomic mass is 19.3. The largest absolute Gasteiger partial charge is 0.477 e. The number of carbonyl (C=O) groups is 1. The van der Waals surface area contributed by atoms with Crippen molar-refractivity contribution in [3.05, 3.63) is 53.7 Å². The summed E-state index contributed by atoms with van der Waals surface area (Å²) in [6.07, 6.45) is -0.356. The van der Waals surface area contributed by atoms with Crippen LogP contribution in [-0.4, -0.2) is 42.4 Å². The van der Waals surface area contributed by atoms with Crippen LogP contribution in [0.3, 0.4) is 0 Å². The van der Waals surface area contributed by atoms with Crippen LogP contribution >= 0.6 is 0 Å². The van der Waals surface area contributed by atoms with E-state index >= 15 is 0 Å². The smallest absolute Gasteiger partial charge is 0.387 e. The van der Waals surface area contributed by atoms with Gasteiger partial charge in [-0.2, -0.15) is 8.78 Å². The number of carboxylic acids is 1. The maximum atomic E-state index is 12.4. The van der Waals surface area contributed by atoms with E-state index in [1.807, 2.05) is 4.90 Å². The molecule has 1 aliphatic heterocycles. The summed E-state index contributed by atoms with van der Waals surface area (Å²) in [4.78, 5) is 17.1. The Hall–Kier alpha value is -2.74. The maximum Gasteiger partial charge on any atom is 0.387 e. The van der Waals surface area contributed by atoms with E-state index in [9.17, 15) is 13.6 Å². The molecule has 1 fully saturated rings. The number of aromatic nitrogens is 1. The summed E-state index contributed by atoms with van der Waals surface area (Å²) in [5, 5.41) is 9.06. The van der Waals surface area contributed by atoms with Crippen molar-refractivity contribution >= 4 is 11.8 Å². The number of aromatic carboxylic acids is 1. The minimum Gasteiger partial charge on any atom is -0.477 e. The van der Waals surface area contributed by atoms with Gasteiger partial charge < -0.3 is 19.5 Å². The van der Waals surface area contributed by atoms with E-state index in [-0.39, 0.29) is 17.5 Å². The van der Waals surface area contributed by atoms with E-state index < -0.39 is 12.6 Å². The SMILES string of the molecule is O=C(O)c1cccc(N2CCOC(c3cccc(OC(F)F)c3)C2)n1. The van der Waals surface area contributed by atoms with Gasteiger partial charge in [0.25, 0.3) is 0 Å². The normalized spacial score (nSPS) is 17.6. The van der Waals surface area contributed by atoms with Gasteiger partial charge in [0.2, 0.25) is 0 Å². The number of halogens is 2. The number of nitrogens with zero attached hydrogens (tertiary/aromatic N) is 2. The molecule has 1 saturated heterocycles. The molecule has 6 nitrogen and oxygen atoms in total. The fraction of sp³-hybridized carbons (Fsp3) is 0.294. The van der Waals surface area contributed by atoms with Crippen molar-refractivity contribution in [3.8, 4) is 5.75 Å². The molecule has 8 heteroatoms. The third kappa shape index (κ3) is 4.21. The number of rotatable bonds is 5. The predicted molar refractivity (Wildman–Crippen MR) is 85.2 cm³/mol. The molecule has 0 spiro atoms. The molecule has 2 heterocycles.